The molecule has 3 aromatic carbocycles. The third-order valence-electron chi connectivity index (χ3n) is 4.26. The molecule has 0 fully saturated rings. The van der Waals surface area contributed by atoms with Crippen molar-refractivity contribution in [3.05, 3.63) is 95.5 Å². The zero-order chi connectivity index (χ0) is 20.8. The molecule has 1 unspecified atom stereocenters. The minimum atomic E-state index is -0.934. The third kappa shape index (κ3) is 4.95. The van der Waals surface area contributed by atoms with E-state index in [1.54, 1.807) is 36.4 Å². The van der Waals surface area contributed by atoms with Crippen LogP contribution in [-0.2, 0) is 6.54 Å². The zero-order valence-electron chi connectivity index (χ0n) is 16.0. The molecule has 0 amide bonds. The van der Waals surface area contributed by atoms with Crippen LogP contribution in [0.1, 0.15) is 0 Å². The largest absolute Gasteiger partial charge is 0.491 e. The summed E-state index contributed by atoms with van der Waals surface area (Å²) in [4.78, 5) is 12.0. The molecule has 0 aliphatic heterocycles. The summed E-state index contributed by atoms with van der Waals surface area (Å²) in [7, 11) is 0. The van der Waals surface area contributed by atoms with Crippen molar-refractivity contribution in [1.29, 1.82) is 0 Å². The lowest BCUT2D eigenvalue weighted by atomic mass is 10.2. The molecule has 1 heterocycles. The van der Waals surface area contributed by atoms with Gasteiger partial charge in [0.15, 0.2) is 0 Å². The Morgan fingerprint density at radius 1 is 0.867 bits per heavy atom. The molecule has 0 aliphatic carbocycles. The first kappa shape index (κ1) is 19.5. The van der Waals surface area contributed by atoms with Crippen LogP contribution in [0.15, 0.2) is 94.1 Å². The number of hydrogen-bond acceptors (Lipinski definition) is 6. The molecule has 0 spiro atoms. The molecule has 0 bridgehead atoms. The number of aliphatic hydroxyl groups is 1. The molecular formula is C23H20N2O5. The summed E-state index contributed by atoms with van der Waals surface area (Å²) in [6, 6.07) is 25.6. The van der Waals surface area contributed by atoms with Gasteiger partial charge in [0.1, 0.15) is 30.0 Å². The summed E-state index contributed by atoms with van der Waals surface area (Å²) in [6.07, 6.45) is -0.934. The lowest BCUT2D eigenvalue weighted by molar-refractivity contribution is 0.0875. The van der Waals surface area contributed by atoms with Gasteiger partial charge in [0.05, 0.1) is 6.54 Å². The molecule has 1 aromatic heterocycles. The first-order chi connectivity index (χ1) is 14.7. The smallest absolute Gasteiger partial charge is 0.437 e. The van der Waals surface area contributed by atoms with Gasteiger partial charge in [-0.3, -0.25) is 0 Å². The Kier molecular flexibility index (Phi) is 5.91. The summed E-state index contributed by atoms with van der Waals surface area (Å²) in [6.45, 7) is -0.0385. The Hall–Kier alpha value is -3.84. The number of aromatic nitrogens is 2. The standard InChI is InChI=1S/C23H20N2O5/c26-18(15-25-23(27)30-22(24-25)17-7-3-1-4-8-17)16-28-19-11-13-21(14-12-19)29-20-9-5-2-6-10-20/h1-14,18,26H,15-16H2. The van der Waals surface area contributed by atoms with E-state index in [2.05, 4.69) is 5.10 Å². The molecule has 7 heteroatoms. The summed E-state index contributed by atoms with van der Waals surface area (Å²) in [5.74, 6) is 1.58. The maximum Gasteiger partial charge on any atom is 0.437 e. The molecule has 30 heavy (non-hydrogen) atoms. The average Bonchev–Trinajstić information content (AvgIpc) is 3.15. The van der Waals surface area contributed by atoms with E-state index in [1.165, 1.54) is 0 Å². The maximum absolute atomic E-state index is 12.0. The van der Waals surface area contributed by atoms with Crippen LogP contribution in [-0.4, -0.2) is 27.6 Å². The van der Waals surface area contributed by atoms with E-state index >= 15 is 0 Å². The summed E-state index contributed by atoms with van der Waals surface area (Å²) < 4.78 is 17.6. The second kappa shape index (κ2) is 9.11. The fraction of sp³-hybridized carbons (Fsp3) is 0.130. The predicted octanol–water partition coefficient (Wildman–Crippen LogP) is 3.74. The molecule has 0 aliphatic rings. The van der Waals surface area contributed by atoms with Gasteiger partial charge in [0, 0.05) is 5.56 Å². The van der Waals surface area contributed by atoms with Gasteiger partial charge in [-0.25, -0.2) is 4.79 Å². The van der Waals surface area contributed by atoms with E-state index < -0.39 is 11.9 Å². The van der Waals surface area contributed by atoms with E-state index in [1.807, 2.05) is 48.5 Å². The maximum atomic E-state index is 12.0. The summed E-state index contributed by atoms with van der Waals surface area (Å²) >= 11 is 0. The monoisotopic (exact) mass is 404 g/mol. The molecule has 0 saturated heterocycles. The number of ether oxygens (including phenoxy) is 2. The lowest BCUT2D eigenvalue weighted by Crippen LogP contribution is -2.29. The second-order valence-corrected chi connectivity index (χ2v) is 6.57. The summed E-state index contributed by atoms with van der Waals surface area (Å²) in [5, 5.41) is 14.4. The highest BCUT2D eigenvalue weighted by atomic mass is 16.5. The van der Waals surface area contributed by atoms with Crippen molar-refractivity contribution in [3.8, 4) is 28.7 Å². The number of nitrogens with zero attached hydrogens (tertiary/aromatic N) is 2. The fourth-order valence-corrected chi connectivity index (χ4v) is 2.79. The number of benzene rings is 3. The molecular weight excluding hydrogens is 384 g/mol. The second-order valence-electron chi connectivity index (χ2n) is 6.57. The number of hydrogen-bond donors (Lipinski definition) is 1. The van der Waals surface area contributed by atoms with Crippen LogP contribution >= 0.6 is 0 Å². The Bertz CT molecular complexity index is 1120. The van der Waals surface area contributed by atoms with Gasteiger partial charge in [-0.05, 0) is 48.5 Å². The number of rotatable bonds is 8. The molecule has 7 nitrogen and oxygen atoms in total. The van der Waals surface area contributed by atoms with Crippen molar-refractivity contribution in [1.82, 2.24) is 9.78 Å². The molecule has 152 valence electrons. The highest BCUT2D eigenvalue weighted by Crippen LogP contribution is 2.23. The van der Waals surface area contributed by atoms with E-state index in [-0.39, 0.29) is 19.0 Å². The van der Waals surface area contributed by atoms with Crippen LogP contribution in [0.5, 0.6) is 17.2 Å². The van der Waals surface area contributed by atoms with Crippen LogP contribution in [0.4, 0.5) is 0 Å². The quantitative estimate of drug-likeness (QED) is 0.481. The lowest BCUT2D eigenvalue weighted by Gasteiger charge is -2.12. The Labute approximate surface area is 172 Å². The highest BCUT2D eigenvalue weighted by molar-refractivity contribution is 5.51. The van der Waals surface area contributed by atoms with Crippen molar-refractivity contribution in [2.75, 3.05) is 6.61 Å². The fourth-order valence-electron chi connectivity index (χ4n) is 2.79. The Morgan fingerprint density at radius 2 is 1.47 bits per heavy atom. The minimum Gasteiger partial charge on any atom is -0.491 e. The van der Waals surface area contributed by atoms with E-state index in [0.717, 1.165) is 10.4 Å². The normalized spacial score (nSPS) is 11.8. The van der Waals surface area contributed by atoms with Crippen molar-refractivity contribution in [2.24, 2.45) is 0 Å². The first-order valence-electron chi connectivity index (χ1n) is 9.44. The van der Waals surface area contributed by atoms with Crippen LogP contribution in [0.3, 0.4) is 0 Å². The zero-order valence-corrected chi connectivity index (χ0v) is 16.0. The third-order valence-corrected chi connectivity index (χ3v) is 4.26. The SMILES string of the molecule is O=c1oc(-c2ccccc2)nn1CC(O)COc1ccc(Oc2ccccc2)cc1. The van der Waals surface area contributed by atoms with Crippen molar-refractivity contribution >= 4 is 0 Å². The van der Waals surface area contributed by atoms with Gasteiger partial charge < -0.3 is 19.0 Å². The van der Waals surface area contributed by atoms with E-state index in [9.17, 15) is 9.90 Å². The van der Waals surface area contributed by atoms with Gasteiger partial charge in [0.2, 0.25) is 5.89 Å². The van der Waals surface area contributed by atoms with Gasteiger partial charge in [-0.2, -0.15) is 4.68 Å². The molecule has 0 radical (unpaired) electrons. The summed E-state index contributed by atoms with van der Waals surface area (Å²) in [5.41, 5.74) is 0.692. The minimum absolute atomic E-state index is 0.00113. The van der Waals surface area contributed by atoms with Crippen molar-refractivity contribution in [2.45, 2.75) is 12.6 Å². The van der Waals surface area contributed by atoms with E-state index in [4.69, 9.17) is 13.9 Å². The molecule has 1 N–H and O–H groups in total. The van der Waals surface area contributed by atoms with Crippen LogP contribution in [0.2, 0.25) is 0 Å². The molecule has 4 rings (SSSR count). The van der Waals surface area contributed by atoms with Crippen LogP contribution in [0, 0.1) is 0 Å². The van der Waals surface area contributed by atoms with Gasteiger partial charge in [-0.1, -0.05) is 36.4 Å². The van der Waals surface area contributed by atoms with Crippen LogP contribution < -0.4 is 15.2 Å². The number of para-hydroxylation sites is 1. The van der Waals surface area contributed by atoms with E-state index in [0.29, 0.717) is 17.1 Å². The first-order valence-corrected chi connectivity index (χ1v) is 9.44. The van der Waals surface area contributed by atoms with Crippen molar-refractivity contribution in [3.63, 3.8) is 0 Å². The predicted molar refractivity (Wildman–Crippen MR) is 111 cm³/mol. The Morgan fingerprint density at radius 3 is 2.17 bits per heavy atom. The number of aliphatic hydroxyl groups excluding tert-OH is 1. The molecule has 4 aromatic rings. The topological polar surface area (TPSA) is 86.7 Å². The van der Waals surface area contributed by atoms with Gasteiger partial charge in [0.25, 0.3) is 0 Å². The molecule has 0 saturated carbocycles. The van der Waals surface area contributed by atoms with Gasteiger partial charge >= 0.3 is 5.76 Å². The highest BCUT2D eigenvalue weighted by Gasteiger charge is 2.14. The average molecular weight is 404 g/mol. The van der Waals surface area contributed by atoms with Crippen molar-refractivity contribution < 1.29 is 19.0 Å². The Balaban J connectivity index is 1.31. The van der Waals surface area contributed by atoms with Crippen LogP contribution in [0.25, 0.3) is 11.5 Å². The molecule has 1 atom stereocenters. The van der Waals surface area contributed by atoms with Gasteiger partial charge in [-0.15, -0.1) is 5.10 Å².